The molecule has 25 heavy (non-hydrogen) atoms. The zero-order valence-corrected chi connectivity index (χ0v) is 14.5. The third-order valence-corrected chi connectivity index (χ3v) is 4.72. The summed E-state index contributed by atoms with van der Waals surface area (Å²) in [4.78, 5) is 10.8. The molecule has 1 aliphatic carbocycles. The van der Waals surface area contributed by atoms with Crippen LogP contribution in [0.1, 0.15) is 37.7 Å². The van der Waals surface area contributed by atoms with E-state index < -0.39 is 5.97 Å². The average Bonchev–Trinajstić information content (AvgIpc) is 3.39. The number of para-hydroxylation sites is 1. The monoisotopic (exact) mass is 340 g/mol. The number of aliphatic carboxylic acids is 1. The van der Waals surface area contributed by atoms with Gasteiger partial charge < -0.3 is 14.6 Å². The van der Waals surface area contributed by atoms with Crippen LogP contribution in [-0.2, 0) is 4.79 Å². The van der Waals surface area contributed by atoms with E-state index in [4.69, 9.17) is 14.6 Å². The lowest BCUT2D eigenvalue weighted by atomic mass is 9.98. The summed E-state index contributed by atoms with van der Waals surface area (Å²) in [7, 11) is 0. The molecule has 1 atom stereocenters. The van der Waals surface area contributed by atoms with E-state index >= 15 is 0 Å². The molecule has 2 aromatic rings. The molecular formula is C21H24O4. The molecule has 0 heterocycles. The van der Waals surface area contributed by atoms with Crippen molar-refractivity contribution in [3.05, 3.63) is 60.2 Å². The van der Waals surface area contributed by atoms with Crippen LogP contribution in [0.5, 0.6) is 11.5 Å². The maximum atomic E-state index is 10.8. The number of ether oxygens (including phenoxy) is 2. The Morgan fingerprint density at radius 3 is 2.08 bits per heavy atom. The summed E-state index contributed by atoms with van der Waals surface area (Å²) >= 11 is 0. The van der Waals surface area contributed by atoms with Crippen molar-refractivity contribution < 1.29 is 19.4 Å². The molecule has 4 nitrogen and oxygen atoms in total. The first-order chi connectivity index (χ1) is 12.1. The molecule has 132 valence electrons. The number of rotatable bonds is 9. The number of carboxylic acids is 1. The van der Waals surface area contributed by atoms with Gasteiger partial charge in [-0.15, -0.1) is 0 Å². The minimum Gasteiger partial charge on any atom is -0.493 e. The molecule has 0 bridgehead atoms. The van der Waals surface area contributed by atoms with Crippen LogP contribution in [0.4, 0.5) is 0 Å². The largest absolute Gasteiger partial charge is 0.493 e. The predicted octanol–water partition coefficient (Wildman–Crippen LogP) is 4.50. The Kier molecular flexibility index (Phi) is 5.27. The van der Waals surface area contributed by atoms with Crippen molar-refractivity contribution in [2.24, 2.45) is 5.41 Å². The summed E-state index contributed by atoms with van der Waals surface area (Å²) in [6.45, 7) is 3.23. The van der Waals surface area contributed by atoms with Crippen molar-refractivity contribution in [3.63, 3.8) is 0 Å². The van der Waals surface area contributed by atoms with Crippen LogP contribution in [0.2, 0.25) is 0 Å². The second-order valence-electron chi connectivity index (χ2n) is 6.96. The van der Waals surface area contributed by atoms with Crippen LogP contribution < -0.4 is 9.47 Å². The smallest absolute Gasteiger partial charge is 0.303 e. The number of hydrogen-bond donors (Lipinski definition) is 1. The van der Waals surface area contributed by atoms with Crippen LogP contribution >= 0.6 is 0 Å². The minimum atomic E-state index is -0.776. The Morgan fingerprint density at radius 2 is 1.56 bits per heavy atom. The molecule has 0 amide bonds. The number of hydrogen-bond acceptors (Lipinski definition) is 3. The van der Waals surface area contributed by atoms with Gasteiger partial charge in [-0.1, -0.05) is 37.3 Å². The first-order valence-corrected chi connectivity index (χ1v) is 8.69. The lowest BCUT2D eigenvalue weighted by molar-refractivity contribution is -0.137. The number of carbonyl (C=O) groups is 1. The van der Waals surface area contributed by atoms with Gasteiger partial charge in [0.2, 0.25) is 0 Å². The van der Waals surface area contributed by atoms with Crippen molar-refractivity contribution in [1.29, 1.82) is 0 Å². The summed E-state index contributed by atoms with van der Waals surface area (Å²) in [5.74, 6) is 0.935. The van der Waals surface area contributed by atoms with Gasteiger partial charge in [-0.25, -0.2) is 0 Å². The number of benzene rings is 2. The van der Waals surface area contributed by atoms with E-state index in [9.17, 15) is 4.79 Å². The summed E-state index contributed by atoms with van der Waals surface area (Å²) in [6, 6.07) is 17.6. The Hall–Kier alpha value is -2.49. The maximum absolute atomic E-state index is 10.8. The van der Waals surface area contributed by atoms with Gasteiger partial charge in [-0.05, 0) is 48.6 Å². The first-order valence-electron chi connectivity index (χ1n) is 8.69. The van der Waals surface area contributed by atoms with Crippen molar-refractivity contribution in [2.45, 2.75) is 32.1 Å². The van der Waals surface area contributed by atoms with Crippen LogP contribution in [0.25, 0.3) is 0 Å². The van der Waals surface area contributed by atoms with E-state index in [0.29, 0.717) is 13.2 Å². The van der Waals surface area contributed by atoms with E-state index in [2.05, 4.69) is 0 Å². The summed E-state index contributed by atoms with van der Waals surface area (Å²) in [5.41, 5.74) is 1.13. The fraction of sp³-hybridized carbons (Fsp3) is 0.381. The molecule has 0 aliphatic heterocycles. The molecule has 4 heteroatoms. The van der Waals surface area contributed by atoms with E-state index in [1.807, 2.05) is 61.5 Å². The normalized spacial score (nSPS) is 16.0. The first kappa shape index (κ1) is 17.3. The van der Waals surface area contributed by atoms with Gasteiger partial charge in [0.05, 0.1) is 19.6 Å². The molecule has 1 unspecified atom stereocenters. The zero-order valence-electron chi connectivity index (χ0n) is 14.5. The van der Waals surface area contributed by atoms with Gasteiger partial charge in [0.15, 0.2) is 0 Å². The lowest BCUT2D eigenvalue weighted by Gasteiger charge is -2.17. The van der Waals surface area contributed by atoms with E-state index in [1.165, 1.54) is 0 Å². The third kappa shape index (κ3) is 4.99. The zero-order chi connectivity index (χ0) is 17.7. The Balaban J connectivity index is 1.49. The topological polar surface area (TPSA) is 55.8 Å². The highest BCUT2D eigenvalue weighted by Crippen LogP contribution is 2.46. The Labute approximate surface area is 148 Å². The predicted molar refractivity (Wildman–Crippen MR) is 96.2 cm³/mol. The summed E-state index contributed by atoms with van der Waals surface area (Å²) in [6.07, 6.45) is 2.38. The van der Waals surface area contributed by atoms with Crippen LogP contribution in [-0.4, -0.2) is 24.3 Å². The van der Waals surface area contributed by atoms with Crippen molar-refractivity contribution in [2.75, 3.05) is 13.2 Å². The van der Waals surface area contributed by atoms with E-state index in [0.717, 1.165) is 29.9 Å². The molecule has 1 aliphatic rings. The standard InChI is InChI=1S/C21H24O4/c1-16(13-20(22)23)17-7-9-19(10-8-17)25-15-21(11-12-21)14-24-18-5-3-2-4-6-18/h2-10,16H,11-15H2,1H3,(H,22,23). The highest BCUT2D eigenvalue weighted by molar-refractivity contribution is 5.67. The van der Waals surface area contributed by atoms with Crippen molar-refractivity contribution >= 4 is 5.97 Å². The molecule has 1 N–H and O–H groups in total. The maximum Gasteiger partial charge on any atom is 0.303 e. The van der Waals surface area contributed by atoms with Crippen molar-refractivity contribution in [3.8, 4) is 11.5 Å². The Bertz CT molecular complexity index is 690. The second kappa shape index (κ2) is 7.60. The molecule has 1 saturated carbocycles. The minimum absolute atomic E-state index is 0.000553. The van der Waals surface area contributed by atoms with Gasteiger partial charge in [0, 0.05) is 5.41 Å². The van der Waals surface area contributed by atoms with Gasteiger partial charge >= 0.3 is 5.97 Å². The van der Waals surface area contributed by atoms with Gasteiger partial charge in [-0.2, -0.15) is 0 Å². The van der Waals surface area contributed by atoms with E-state index in [1.54, 1.807) is 0 Å². The summed E-state index contributed by atoms with van der Waals surface area (Å²) in [5, 5.41) is 8.88. The highest BCUT2D eigenvalue weighted by Gasteiger charge is 2.44. The molecule has 2 aromatic carbocycles. The molecular weight excluding hydrogens is 316 g/mol. The molecule has 1 fully saturated rings. The molecule has 0 saturated heterocycles. The fourth-order valence-electron chi connectivity index (χ4n) is 2.77. The van der Waals surface area contributed by atoms with Gasteiger partial charge in [0.1, 0.15) is 11.5 Å². The lowest BCUT2D eigenvalue weighted by Crippen LogP contribution is -2.21. The van der Waals surface area contributed by atoms with Gasteiger partial charge in [-0.3, -0.25) is 4.79 Å². The number of carboxylic acid groups (broad SMARTS) is 1. The molecule has 0 radical (unpaired) electrons. The molecule has 0 aromatic heterocycles. The van der Waals surface area contributed by atoms with Crippen LogP contribution in [0.15, 0.2) is 54.6 Å². The second-order valence-corrected chi connectivity index (χ2v) is 6.96. The SMILES string of the molecule is CC(CC(=O)O)c1ccc(OCC2(COc3ccccc3)CC2)cc1. The van der Waals surface area contributed by atoms with Crippen molar-refractivity contribution in [1.82, 2.24) is 0 Å². The molecule has 3 rings (SSSR count). The molecule has 0 spiro atoms. The van der Waals surface area contributed by atoms with Crippen LogP contribution in [0, 0.1) is 5.41 Å². The average molecular weight is 340 g/mol. The van der Waals surface area contributed by atoms with Crippen LogP contribution in [0.3, 0.4) is 0 Å². The third-order valence-electron chi connectivity index (χ3n) is 4.72. The van der Waals surface area contributed by atoms with E-state index in [-0.39, 0.29) is 17.8 Å². The Morgan fingerprint density at radius 1 is 1.00 bits per heavy atom. The highest BCUT2D eigenvalue weighted by atomic mass is 16.5. The van der Waals surface area contributed by atoms with Gasteiger partial charge in [0.25, 0.3) is 0 Å². The quantitative estimate of drug-likeness (QED) is 0.730. The fourth-order valence-corrected chi connectivity index (χ4v) is 2.77. The summed E-state index contributed by atoms with van der Waals surface area (Å²) < 4.78 is 11.8.